The van der Waals surface area contributed by atoms with E-state index >= 15 is 24.0 Å². The molecule has 19 N–H and O–H groups in total. The highest BCUT2D eigenvalue weighted by Gasteiger charge is 2.53. The van der Waals surface area contributed by atoms with Gasteiger partial charge in [0.2, 0.25) is 53.4 Å². The Bertz CT molecular complexity index is 5060. The Morgan fingerprint density at radius 3 is 1.87 bits per heavy atom. The molecule has 6 aromatic carbocycles. The Morgan fingerprint density at radius 2 is 1.27 bits per heavy atom. The van der Waals surface area contributed by atoms with Gasteiger partial charge in [0, 0.05) is 34.7 Å². The number of carbonyl (C=O) groups excluding carboxylic acids is 7. The second-order valence-electron chi connectivity index (χ2n) is 32.3. The lowest BCUT2D eigenvalue weighted by Crippen LogP contribution is -2.65. The summed E-state index contributed by atoms with van der Waals surface area (Å²) in [5.74, 6) is -16.4. The monoisotopic (exact) mass is 1770 g/mol. The van der Waals surface area contributed by atoms with Gasteiger partial charge in [0.15, 0.2) is 29.9 Å². The first-order valence-electron chi connectivity index (χ1n) is 40.5. The number of carbonyl (C=O) groups is 8. The molecule has 11 bridgehead atoms. The van der Waals surface area contributed by atoms with E-state index in [0.717, 1.165) is 124 Å². The number of aliphatic hydroxyl groups is 5. The van der Waals surface area contributed by atoms with E-state index < -0.39 is 252 Å². The first kappa shape index (κ1) is 93.7. The number of aromatic hydroxyl groups is 3. The second-order valence-corrected chi connectivity index (χ2v) is 34.7. The van der Waals surface area contributed by atoms with E-state index in [1.54, 1.807) is 46.8 Å². The molecule has 10 unspecified atom stereocenters. The highest BCUT2D eigenvalue weighted by molar-refractivity contribution is 7.86. The molecule has 18 atom stereocenters. The summed E-state index contributed by atoms with van der Waals surface area (Å²) in [6.45, 7) is 13.4. The largest absolute Gasteiger partial charge is 0.508 e. The Morgan fingerprint density at radius 1 is 0.675 bits per heavy atom. The minimum Gasteiger partial charge on any atom is -0.508 e. The molecule has 0 aliphatic carbocycles. The summed E-state index contributed by atoms with van der Waals surface area (Å²) in [4.78, 5) is 119. The van der Waals surface area contributed by atoms with Crippen LogP contribution in [-0.4, -0.2) is 201 Å². The standard InChI is InChI=1S/C85H105Cl2N9O26S/c1-10-11-12-13-14-15-16-17-24-90-85(8)36-62(117-42(7)76(85)105)121-74-72(104)71(103)60(37-116-123(114,115)75-40(5)26-39(4)27-41(75)6)120-84(74)122-73-58-31-46-32-59(73)119-57-23-20-45(30-51(57)87)70(102)68-82(111)94-66(83(112)113)49-33-47(97)34-55(99)63(49)48-28-43(18-21-54(48)98)64(79(108)96-68)93-80(109)65(46)92-78(107)53(35-61(88)100)91-81(110)67(95-77(106)52(89-9)25-38(2)3)69(101)44-19-22-56(118-58)50(86)29-44/h18-23,26-34,38,42,52-53,60,62,64-72,74,76,84,89-90,97-99,101-105H,10-17,24-25,35-37H2,1-9H3,(H2,88,100)(H,91,110)(H,92,107)(H,93,109)(H,94,111)(H,95,106)(H,96,108)(H,112,113)/t42?,52-,53-,60?,62?,64?,65+,66+,67+,68-,69+,70+,71?,72?,74?,76?,84?,85?/m0/s1. The molecule has 123 heavy (non-hydrogen) atoms. The number of ether oxygens (including phenoxy) is 6. The minimum atomic E-state index is -4.76. The maximum absolute atomic E-state index is 16.4. The van der Waals surface area contributed by atoms with E-state index in [1.807, 2.05) is 13.8 Å². The number of phenols is 3. The van der Waals surface area contributed by atoms with Crippen molar-refractivity contribution in [3.63, 3.8) is 0 Å². The van der Waals surface area contributed by atoms with Crippen LogP contribution in [0.15, 0.2) is 95.9 Å². The number of likely N-dealkylation sites (N-methyl/N-ethyl adjacent to an activating group) is 1. The van der Waals surface area contributed by atoms with Gasteiger partial charge in [-0.15, -0.1) is 0 Å². The van der Waals surface area contributed by atoms with Crippen molar-refractivity contribution in [3.8, 4) is 57.1 Å². The molecule has 38 heteroatoms. The minimum absolute atomic E-state index is 0.122. The number of aliphatic hydroxyl groups excluding tert-OH is 5. The zero-order valence-electron chi connectivity index (χ0n) is 69.0. The van der Waals surface area contributed by atoms with Crippen molar-refractivity contribution in [1.29, 1.82) is 0 Å². The van der Waals surface area contributed by atoms with Gasteiger partial charge in [0.25, 0.3) is 10.1 Å². The highest BCUT2D eigenvalue weighted by Crippen LogP contribution is 2.50. The molecule has 7 heterocycles. The number of aryl methyl sites for hydroxylation is 3. The van der Waals surface area contributed by atoms with Gasteiger partial charge in [-0.05, 0) is 155 Å². The van der Waals surface area contributed by atoms with E-state index in [9.17, 15) is 68.8 Å². The number of fused-ring (bicyclic) bond motifs is 15. The fourth-order valence-corrected chi connectivity index (χ4v) is 17.8. The Hall–Kier alpha value is -10.0. The number of hydrogen-bond acceptors (Lipinski definition) is 27. The third-order valence-corrected chi connectivity index (χ3v) is 24.5. The molecule has 7 aliphatic heterocycles. The van der Waals surface area contributed by atoms with Crippen LogP contribution in [0.1, 0.15) is 180 Å². The van der Waals surface area contributed by atoms with Crippen molar-refractivity contribution < 1.29 is 125 Å². The first-order chi connectivity index (χ1) is 58.2. The molecule has 0 spiro atoms. The number of hydrogen-bond donors (Lipinski definition) is 18. The SMILES string of the molecule is CCCCCCCCCCNC1(C)CC(OC2C(Oc3c4cc5cc3Oc3ccc(cc3Cl)[C@@H](O)[C@@H](NC(=O)[C@H](CC(C)C)NC)C(=O)N[C@@H](CC(N)=O)C(=O)N[C@H]5C(=O)NC3C(=O)N[C@H](C(=O)N[C@@H](C(=O)O)c5cc(O)cc(O)c5-c5cc3ccc5O)[C@H](O)c3ccc(c(Cl)c3)O4)OC(COS(=O)(=O)c3c(C)cc(C)cc3C)C(O)C2O)OC(C)C1O. The molecular formula is C85H105Cl2N9O26S. The van der Waals surface area contributed by atoms with Crippen molar-refractivity contribution >= 4 is 80.6 Å². The number of nitrogens with two attached hydrogens (primary N) is 1. The predicted octanol–water partition coefficient (Wildman–Crippen LogP) is 6.22. The van der Waals surface area contributed by atoms with Crippen LogP contribution in [0.4, 0.5) is 0 Å². The number of halogens is 2. The van der Waals surface area contributed by atoms with Gasteiger partial charge >= 0.3 is 5.97 Å². The number of rotatable bonds is 26. The average Bonchev–Trinajstić information content (AvgIpc) is 0.752. The number of aliphatic carboxylic acids is 1. The van der Waals surface area contributed by atoms with Crippen molar-refractivity contribution in [2.75, 3.05) is 20.2 Å². The molecule has 2 saturated heterocycles. The lowest BCUT2D eigenvalue weighted by atomic mass is 9.84. The summed E-state index contributed by atoms with van der Waals surface area (Å²) in [6, 6.07) is 2.26. The van der Waals surface area contributed by atoms with Crippen LogP contribution >= 0.6 is 23.2 Å². The van der Waals surface area contributed by atoms with Crippen LogP contribution in [0.2, 0.25) is 10.0 Å². The second kappa shape index (κ2) is 39.9. The molecule has 35 nitrogen and oxygen atoms in total. The molecule has 0 radical (unpaired) electrons. The zero-order chi connectivity index (χ0) is 89.5. The van der Waals surface area contributed by atoms with Gasteiger partial charge in [0.05, 0.1) is 46.2 Å². The van der Waals surface area contributed by atoms with E-state index in [1.165, 1.54) is 19.2 Å². The highest BCUT2D eigenvalue weighted by atomic mass is 35.5. The van der Waals surface area contributed by atoms with E-state index in [2.05, 4.69) is 49.5 Å². The maximum Gasteiger partial charge on any atom is 0.330 e. The quantitative estimate of drug-likeness (QED) is 0.0212. The molecule has 666 valence electrons. The van der Waals surface area contributed by atoms with Crippen LogP contribution < -0.4 is 62.5 Å². The van der Waals surface area contributed by atoms with E-state index in [-0.39, 0.29) is 46.1 Å². The summed E-state index contributed by atoms with van der Waals surface area (Å²) in [6.07, 6.45) is -11.4. The number of nitrogens with one attached hydrogen (secondary N) is 8. The summed E-state index contributed by atoms with van der Waals surface area (Å²) >= 11 is 14.4. The fraction of sp³-hybridized carbons (Fsp3) is 0.482. The normalized spacial score (nSPS) is 26.4. The average molecular weight is 1770 g/mol. The molecule has 7 amide bonds. The maximum atomic E-state index is 16.4. The molecular weight excluding hydrogens is 1670 g/mol. The number of primary amides is 1. The van der Waals surface area contributed by atoms with Crippen molar-refractivity contribution in [2.45, 2.75) is 240 Å². The Labute approximate surface area is 719 Å². The number of unbranched alkanes of at least 4 members (excludes halogenated alkanes) is 7. The number of benzene rings is 6. The van der Waals surface area contributed by atoms with Crippen molar-refractivity contribution in [2.24, 2.45) is 11.7 Å². The zero-order valence-corrected chi connectivity index (χ0v) is 71.3. The molecule has 6 aromatic rings. The number of amides is 7. The molecule has 0 aromatic heterocycles. The van der Waals surface area contributed by atoms with Crippen LogP contribution in [0.5, 0.6) is 46.0 Å². The third kappa shape index (κ3) is 21.7. The molecule has 7 aliphatic rings. The number of carboxylic acid groups (broad SMARTS) is 1. The van der Waals surface area contributed by atoms with Gasteiger partial charge in [-0.1, -0.05) is 125 Å². The molecule has 13 rings (SSSR count). The topological polar surface area (TPSA) is 540 Å². The third-order valence-electron chi connectivity index (χ3n) is 22.4. The summed E-state index contributed by atoms with van der Waals surface area (Å²) in [5, 5.41) is 127. The van der Waals surface area contributed by atoms with Crippen LogP contribution in [0.25, 0.3) is 11.1 Å². The Kier molecular flexibility index (Phi) is 30.4. The van der Waals surface area contributed by atoms with Gasteiger partial charge in [-0.25, -0.2) is 4.79 Å². The lowest BCUT2D eigenvalue weighted by molar-refractivity contribution is -0.334. The molecule has 2 fully saturated rings. The lowest BCUT2D eigenvalue weighted by Gasteiger charge is -2.48. The fourth-order valence-electron chi connectivity index (χ4n) is 16.0. The summed E-state index contributed by atoms with van der Waals surface area (Å²) in [5.41, 5.74) is 2.98. The van der Waals surface area contributed by atoms with Gasteiger partial charge in [-0.3, -0.25) is 37.7 Å². The van der Waals surface area contributed by atoms with Gasteiger partial charge in [-0.2, -0.15) is 8.42 Å². The van der Waals surface area contributed by atoms with E-state index in [4.69, 9.17) is 61.5 Å². The number of phenolic OH excluding ortho intramolecular Hbond substituents is 3. The summed E-state index contributed by atoms with van der Waals surface area (Å²) in [7, 11) is -3.29. The van der Waals surface area contributed by atoms with Crippen LogP contribution in [0, 0.1) is 26.7 Å². The van der Waals surface area contributed by atoms with Crippen LogP contribution in [-0.2, 0) is 66.9 Å². The predicted molar refractivity (Wildman–Crippen MR) is 442 cm³/mol. The van der Waals surface area contributed by atoms with Gasteiger partial charge in [0.1, 0.15) is 89.5 Å². The van der Waals surface area contributed by atoms with Crippen LogP contribution in [0.3, 0.4) is 0 Å². The number of carboxylic acids is 1. The van der Waals surface area contributed by atoms with Crippen molar-refractivity contribution in [3.05, 3.63) is 146 Å². The summed E-state index contributed by atoms with van der Waals surface area (Å²) < 4.78 is 74.8. The first-order valence-corrected chi connectivity index (χ1v) is 42.6. The Balaban J connectivity index is 1.14. The molecule has 0 saturated carbocycles. The van der Waals surface area contributed by atoms with E-state index in [0.29, 0.717) is 17.7 Å². The smallest absolute Gasteiger partial charge is 0.330 e. The van der Waals surface area contributed by atoms with Gasteiger partial charge < -0.3 is 123 Å². The van der Waals surface area contributed by atoms with Crippen molar-refractivity contribution in [1.82, 2.24) is 42.5 Å².